The van der Waals surface area contributed by atoms with Gasteiger partial charge in [-0.05, 0) is 25.7 Å². The molecular weight excluding hydrogens is 268 g/mol. The molecule has 7 nitrogen and oxygen atoms in total. The van der Waals surface area contributed by atoms with Crippen LogP contribution >= 0.6 is 11.8 Å². The van der Waals surface area contributed by atoms with Crippen molar-refractivity contribution >= 4 is 23.7 Å². The van der Waals surface area contributed by atoms with Crippen LogP contribution in [-0.4, -0.2) is 33.9 Å². The molecule has 0 spiro atoms. The Morgan fingerprint density at radius 3 is 2.74 bits per heavy atom. The first-order valence-corrected chi connectivity index (χ1v) is 7.26. The number of nitrogens with zero attached hydrogens (tertiary/aromatic N) is 2. The lowest BCUT2D eigenvalue weighted by molar-refractivity contribution is -0.117. The maximum atomic E-state index is 11.5. The molecule has 0 aromatic carbocycles. The molecule has 8 heteroatoms. The predicted octanol–water partition coefficient (Wildman–Crippen LogP) is 1.03. The quantitative estimate of drug-likeness (QED) is 0.783. The van der Waals surface area contributed by atoms with E-state index in [4.69, 9.17) is 4.42 Å². The van der Waals surface area contributed by atoms with Crippen molar-refractivity contribution in [1.82, 2.24) is 20.8 Å². The number of rotatable bonds is 5. The largest absolute Gasteiger partial charge is 0.416 e. The number of nitrogens with one attached hydrogen (secondary N) is 2. The van der Waals surface area contributed by atoms with Crippen molar-refractivity contribution in [2.75, 3.05) is 5.75 Å². The van der Waals surface area contributed by atoms with Crippen LogP contribution in [0.5, 0.6) is 0 Å². The van der Waals surface area contributed by atoms with Crippen molar-refractivity contribution < 1.29 is 14.0 Å². The van der Waals surface area contributed by atoms with Crippen LogP contribution in [0.25, 0.3) is 0 Å². The molecule has 0 saturated heterocycles. The van der Waals surface area contributed by atoms with E-state index in [1.807, 2.05) is 0 Å². The fourth-order valence-electron chi connectivity index (χ4n) is 1.51. The highest BCUT2D eigenvalue weighted by molar-refractivity contribution is 7.99. The molecule has 2 fully saturated rings. The standard InChI is InChI=1S/C11H14N4O3S/c16-8(13-10(17)12-7-3-4-7)5-19-11-15-14-9(18-11)6-1-2-6/h6-7H,1-5H2,(H2,12,13,16,17). The molecule has 2 aliphatic carbocycles. The Morgan fingerprint density at radius 2 is 2.05 bits per heavy atom. The lowest BCUT2D eigenvalue weighted by Crippen LogP contribution is -2.41. The summed E-state index contributed by atoms with van der Waals surface area (Å²) < 4.78 is 5.40. The van der Waals surface area contributed by atoms with Gasteiger partial charge in [0.2, 0.25) is 11.8 Å². The lowest BCUT2D eigenvalue weighted by atomic mass is 10.4. The Kier molecular flexibility index (Phi) is 3.41. The van der Waals surface area contributed by atoms with E-state index < -0.39 is 6.03 Å². The number of aromatic nitrogens is 2. The average molecular weight is 282 g/mol. The van der Waals surface area contributed by atoms with Gasteiger partial charge in [0.25, 0.3) is 5.22 Å². The van der Waals surface area contributed by atoms with Gasteiger partial charge in [-0.3, -0.25) is 10.1 Å². The van der Waals surface area contributed by atoms with E-state index in [0.29, 0.717) is 17.0 Å². The summed E-state index contributed by atoms with van der Waals surface area (Å²) in [5.41, 5.74) is 0. The summed E-state index contributed by atoms with van der Waals surface area (Å²) in [6.07, 6.45) is 4.16. The zero-order valence-corrected chi connectivity index (χ0v) is 11.0. The molecule has 3 amide bonds. The minimum absolute atomic E-state index is 0.0877. The van der Waals surface area contributed by atoms with E-state index in [1.165, 1.54) is 0 Å². The normalized spacial score (nSPS) is 18.1. The molecule has 0 radical (unpaired) electrons. The lowest BCUT2D eigenvalue weighted by Gasteiger charge is -2.03. The topological polar surface area (TPSA) is 97.1 Å². The fraction of sp³-hybridized carbons (Fsp3) is 0.636. The molecule has 2 aliphatic rings. The van der Waals surface area contributed by atoms with Crippen LogP contribution in [0, 0.1) is 0 Å². The smallest absolute Gasteiger partial charge is 0.321 e. The Bertz CT molecular complexity index is 496. The summed E-state index contributed by atoms with van der Waals surface area (Å²) in [5.74, 6) is 0.772. The first-order valence-electron chi connectivity index (χ1n) is 6.27. The highest BCUT2D eigenvalue weighted by Crippen LogP contribution is 2.39. The van der Waals surface area contributed by atoms with Crippen LogP contribution in [0.3, 0.4) is 0 Å². The van der Waals surface area contributed by atoms with Gasteiger partial charge in [0.15, 0.2) is 0 Å². The van der Waals surface area contributed by atoms with Gasteiger partial charge in [-0.1, -0.05) is 11.8 Å². The second-order valence-electron chi connectivity index (χ2n) is 4.77. The molecule has 0 aliphatic heterocycles. The van der Waals surface area contributed by atoms with E-state index in [2.05, 4.69) is 20.8 Å². The Hall–Kier alpha value is -1.57. The summed E-state index contributed by atoms with van der Waals surface area (Å²) in [7, 11) is 0. The van der Waals surface area contributed by atoms with E-state index in [1.54, 1.807) is 0 Å². The van der Waals surface area contributed by atoms with Gasteiger partial charge in [0.05, 0.1) is 5.75 Å². The highest BCUT2D eigenvalue weighted by atomic mass is 32.2. The van der Waals surface area contributed by atoms with Crippen molar-refractivity contribution in [2.45, 2.75) is 42.9 Å². The minimum Gasteiger partial charge on any atom is -0.416 e. The van der Waals surface area contributed by atoms with Crippen LogP contribution in [0.2, 0.25) is 0 Å². The first-order chi connectivity index (χ1) is 9.20. The third-order valence-corrected chi connectivity index (χ3v) is 3.66. The number of imide groups is 1. The van der Waals surface area contributed by atoms with E-state index in [9.17, 15) is 9.59 Å². The molecule has 2 saturated carbocycles. The molecule has 1 heterocycles. The number of hydrogen-bond acceptors (Lipinski definition) is 6. The fourth-order valence-corrected chi connectivity index (χ4v) is 2.08. The van der Waals surface area contributed by atoms with E-state index in [0.717, 1.165) is 37.4 Å². The van der Waals surface area contributed by atoms with E-state index in [-0.39, 0.29) is 17.7 Å². The Labute approximate surface area is 113 Å². The zero-order valence-electron chi connectivity index (χ0n) is 10.2. The first kappa shape index (κ1) is 12.5. The van der Waals surface area contributed by atoms with Crippen molar-refractivity contribution in [3.63, 3.8) is 0 Å². The Balaban J connectivity index is 1.39. The van der Waals surface area contributed by atoms with Crippen molar-refractivity contribution in [2.24, 2.45) is 0 Å². The van der Waals surface area contributed by atoms with Crippen LogP contribution in [0.1, 0.15) is 37.5 Å². The summed E-state index contributed by atoms with van der Waals surface area (Å²) in [6, 6.07) is -0.199. The molecule has 3 rings (SSSR count). The molecule has 1 aromatic heterocycles. The van der Waals surface area contributed by atoms with Gasteiger partial charge in [-0.25, -0.2) is 4.79 Å². The predicted molar refractivity (Wildman–Crippen MR) is 66.7 cm³/mol. The molecule has 19 heavy (non-hydrogen) atoms. The maximum Gasteiger partial charge on any atom is 0.321 e. The monoisotopic (exact) mass is 282 g/mol. The highest BCUT2D eigenvalue weighted by Gasteiger charge is 2.29. The number of thioether (sulfide) groups is 1. The van der Waals surface area contributed by atoms with Crippen LogP contribution < -0.4 is 10.6 Å². The second kappa shape index (κ2) is 5.20. The number of hydrogen-bond donors (Lipinski definition) is 2. The number of urea groups is 1. The van der Waals surface area contributed by atoms with Gasteiger partial charge < -0.3 is 9.73 Å². The van der Waals surface area contributed by atoms with Gasteiger partial charge in [-0.2, -0.15) is 0 Å². The van der Waals surface area contributed by atoms with Crippen LogP contribution in [0.15, 0.2) is 9.64 Å². The third-order valence-electron chi connectivity index (χ3n) is 2.84. The van der Waals surface area contributed by atoms with Crippen LogP contribution in [-0.2, 0) is 4.79 Å². The van der Waals surface area contributed by atoms with E-state index >= 15 is 0 Å². The average Bonchev–Trinajstić information content (AvgIpc) is 3.29. The molecule has 0 atom stereocenters. The summed E-state index contributed by atoms with van der Waals surface area (Å²) in [4.78, 5) is 22.8. The second-order valence-corrected chi connectivity index (χ2v) is 5.69. The maximum absolute atomic E-state index is 11.5. The molecule has 2 N–H and O–H groups in total. The summed E-state index contributed by atoms with van der Waals surface area (Å²) >= 11 is 1.14. The number of amides is 3. The molecular formula is C11H14N4O3S. The van der Waals surface area contributed by atoms with Gasteiger partial charge in [0.1, 0.15) is 0 Å². The third kappa shape index (κ3) is 3.69. The zero-order chi connectivity index (χ0) is 13.2. The van der Waals surface area contributed by atoms with Crippen LogP contribution in [0.4, 0.5) is 4.79 Å². The van der Waals surface area contributed by atoms with Gasteiger partial charge in [-0.15, -0.1) is 10.2 Å². The minimum atomic E-state index is -0.433. The molecule has 0 unspecified atom stereocenters. The number of carbonyl (C=O) groups is 2. The summed E-state index contributed by atoms with van der Waals surface area (Å²) in [5, 5.41) is 13.1. The number of carbonyl (C=O) groups excluding carboxylic acids is 2. The molecule has 1 aromatic rings. The SMILES string of the molecule is O=C(CSc1nnc(C2CC2)o1)NC(=O)NC1CC1. The van der Waals surface area contributed by atoms with Gasteiger partial charge in [0, 0.05) is 12.0 Å². The van der Waals surface area contributed by atoms with Crippen molar-refractivity contribution in [1.29, 1.82) is 0 Å². The van der Waals surface area contributed by atoms with Crippen molar-refractivity contribution in [3.8, 4) is 0 Å². The molecule has 102 valence electrons. The summed E-state index contributed by atoms with van der Waals surface area (Å²) in [6.45, 7) is 0. The molecule has 0 bridgehead atoms. The van der Waals surface area contributed by atoms with Crippen molar-refractivity contribution in [3.05, 3.63) is 5.89 Å². The van der Waals surface area contributed by atoms with Gasteiger partial charge >= 0.3 is 6.03 Å². The Morgan fingerprint density at radius 1 is 1.26 bits per heavy atom.